The van der Waals surface area contributed by atoms with Crippen molar-refractivity contribution in [2.24, 2.45) is 0 Å². The molecule has 0 spiro atoms. The van der Waals surface area contributed by atoms with Crippen molar-refractivity contribution in [3.05, 3.63) is 0 Å². The maximum Gasteiger partial charge on any atom is 0.0788 e. The lowest BCUT2D eigenvalue weighted by molar-refractivity contribution is 1.45. The van der Waals surface area contributed by atoms with E-state index in [9.17, 15) is 0 Å². The molecule has 0 aromatic rings. The van der Waals surface area contributed by atoms with Gasteiger partial charge in [0.15, 0.2) is 0 Å². The highest BCUT2D eigenvalue weighted by molar-refractivity contribution is 9.25. The Bertz CT molecular complexity index is 57.6. The molecule has 0 unspecified atom stereocenters. The molecule has 0 saturated carbocycles. The summed E-state index contributed by atoms with van der Waals surface area (Å²) in [5.74, 6) is 2.18. The Morgan fingerprint density at radius 1 is 0.889 bits per heavy atom. The van der Waals surface area contributed by atoms with Crippen LogP contribution in [0.2, 0.25) is 0 Å². The Kier molecular flexibility index (Phi) is 8.70. The van der Waals surface area contributed by atoms with Crippen LogP contribution in [0.1, 0.15) is 0 Å². The lowest BCUT2D eigenvalue weighted by Crippen LogP contribution is -1.95. The zero-order valence-electron chi connectivity index (χ0n) is 4.49. The van der Waals surface area contributed by atoms with E-state index in [0.717, 1.165) is 11.5 Å². The van der Waals surface area contributed by atoms with Crippen LogP contribution in [0.15, 0.2) is 0 Å². The Morgan fingerprint density at radius 3 is 1.44 bits per heavy atom. The average molecular weight is 406 g/mol. The van der Waals surface area contributed by atoms with Gasteiger partial charge in [-0.15, -0.1) is 0 Å². The van der Waals surface area contributed by atoms with Crippen molar-refractivity contribution in [1.82, 2.24) is 0 Å². The van der Waals surface area contributed by atoms with Gasteiger partial charge in [-0.05, 0) is 0 Å². The van der Waals surface area contributed by atoms with Crippen molar-refractivity contribution in [2.75, 3.05) is 11.5 Å². The fraction of sp³-hybridized carbons (Fsp3) is 1.00. The zero-order valence-corrected chi connectivity index (χ0v) is 11.6. The highest BCUT2D eigenvalue weighted by Crippen LogP contribution is 2.20. The predicted octanol–water partition coefficient (Wildman–Crippen LogP) is 3.95. The lowest BCUT2D eigenvalue weighted by Gasteiger charge is -2.01. The molecule has 0 heterocycles. The molecule has 0 N–H and O–H groups in total. The molecule has 0 radical (unpaired) electrons. The van der Waals surface area contributed by atoms with Gasteiger partial charge in [-0.2, -0.15) is 11.8 Å². The maximum atomic E-state index is 3.39. The first-order chi connectivity index (χ1) is 4.13. The summed E-state index contributed by atoms with van der Waals surface area (Å²) in [7, 11) is 0. The molecule has 0 aromatic heterocycles. The molecule has 9 heavy (non-hydrogen) atoms. The van der Waals surface area contributed by atoms with Gasteiger partial charge in [-0.25, -0.2) is 0 Å². The summed E-state index contributed by atoms with van der Waals surface area (Å²) in [4.78, 5) is 0. The van der Waals surface area contributed by atoms with E-state index < -0.39 is 0 Å². The second-order valence-corrected chi connectivity index (χ2v) is 9.27. The molecule has 0 atom stereocenters. The summed E-state index contributed by atoms with van der Waals surface area (Å²) in [6.45, 7) is 0. The first kappa shape index (κ1) is 11.3. The molecule has 0 saturated heterocycles. The third-order valence-electron chi connectivity index (χ3n) is 0.488. The van der Waals surface area contributed by atoms with Crippen LogP contribution in [0.5, 0.6) is 0 Å². The van der Waals surface area contributed by atoms with Gasteiger partial charge in [0, 0.05) is 11.5 Å². The van der Waals surface area contributed by atoms with E-state index in [1.54, 1.807) is 0 Å². The van der Waals surface area contributed by atoms with Crippen molar-refractivity contribution in [3.8, 4) is 0 Å². The van der Waals surface area contributed by atoms with E-state index in [1.807, 2.05) is 11.8 Å². The third kappa shape index (κ3) is 10.3. The second-order valence-electron chi connectivity index (χ2n) is 1.32. The van der Waals surface area contributed by atoms with Crippen molar-refractivity contribution < 1.29 is 0 Å². The topological polar surface area (TPSA) is 0 Å². The zero-order chi connectivity index (χ0) is 7.28. The van der Waals surface area contributed by atoms with Gasteiger partial charge < -0.3 is 0 Å². The van der Waals surface area contributed by atoms with Crippen molar-refractivity contribution in [3.63, 3.8) is 0 Å². The summed E-state index contributed by atoms with van der Waals surface area (Å²) < 4.78 is 0.877. The molecular weight excluding hydrogens is 400 g/mol. The van der Waals surface area contributed by atoms with Gasteiger partial charge in [0.2, 0.25) is 0 Å². The van der Waals surface area contributed by atoms with Gasteiger partial charge in [0.1, 0.15) is 0 Å². The van der Waals surface area contributed by atoms with Crippen LogP contribution in [0.4, 0.5) is 0 Å². The van der Waals surface area contributed by atoms with Gasteiger partial charge >= 0.3 is 0 Å². The van der Waals surface area contributed by atoms with Crippen molar-refractivity contribution >= 4 is 75.5 Å². The first-order valence-electron chi connectivity index (χ1n) is 2.27. The second kappa shape index (κ2) is 6.95. The normalized spacial score (nSPS) is 11.3. The minimum absolute atomic E-state index is 0.439. The molecule has 0 aliphatic rings. The molecule has 56 valence electrons. The van der Waals surface area contributed by atoms with Crippen LogP contribution >= 0.6 is 75.5 Å². The monoisotopic (exact) mass is 402 g/mol. The summed E-state index contributed by atoms with van der Waals surface area (Å²) in [6.07, 6.45) is 0. The highest BCUT2D eigenvalue weighted by atomic mass is 79.9. The summed E-state index contributed by atoms with van der Waals surface area (Å²) in [5.41, 5.74) is 0. The largest absolute Gasteiger partial charge is 0.158 e. The average Bonchev–Trinajstić information content (AvgIpc) is 1.63. The molecule has 0 rings (SSSR count). The van der Waals surface area contributed by atoms with Crippen LogP contribution < -0.4 is 0 Å². The number of rotatable bonds is 4. The Labute approximate surface area is 93.4 Å². The summed E-state index contributed by atoms with van der Waals surface area (Å²) in [6, 6.07) is 0. The van der Waals surface area contributed by atoms with Gasteiger partial charge in [0.25, 0.3) is 0 Å². The minimum Gasteiger partial charge on any atom is -0.158 e. The lowest BCUT2D eigenvalue weighted by atomic mass is 10.9. The molecule has 0 aliphatic carbocycles. The fourth-order valence-corrected chi connectivity index (χ4v) is 2.98. The molecular formula is C4H6Br4S. The maximum absolute atomic E-state index is 3.39. The molecule has 0 amide bonds. The fourth-order valence-electron chi connectivity index (χ4n) is 0.246. The van der Waals surface area contributed by atoms with Crippen molar-refractivity contribution in [1.29, 1.82) is 0 Å². The van der Waals surface area contributed by atoms with Crippen LogP contribution in [-0.2, 0) is 0 Å². The molecule has 5 heteroatoms. The van der Waals surface area contributed by atoms with Crippen LogP contribution in [0.25, 0.3) is 0 Å². The standard InChI is InChI=1S/C4H6Br4S/c5-3(6)1-9-2-4(7)8/h3-4H,1-2H2. The predicted molar refractivity (Wildman–Crippen MR) is 60.6 cm³/mol. The number of alkyl halides is 4. The van der Waals surface area contributed by atoms with Crippen molar-refractivity contribution in [2.45, 2.75) is 7.47 Å². The van der Waals surface area contributed by atoms with E-state index in [1.165, 1.54) is 0 Å². The molecule has 0 nitrogen and oxygen atoms in total. The Balaban J connectivity index is 2.91. The summed E-state index contributed by atoms with van der Waals surface area (Å²) in [5, 5.41) is 0. The quantitative estimate of drug-likeness (QED) is 0.638. The van der Waals surface area contributed by atoms with Crippen LogP contribution in [0.3, 0.4) is 0 Å². The number of hydrogen-bond donors (Lipinski definition) is 0. The van der Waals surface area contributed by atoms with Gasteiger partial charge in [-0.3, -0.25) is 0 Å². The smallest absolute Gasteiger partial charge is 0.0788 e. The number of halogens is 4. The number of hydrogen-bond acceptors (Lipinski definition) is 1. The molecule has 0 aliphatic heterocycles. The Hall–Kier alpha value is 2.27. The van der Waals surface area contributed by atoms with E-state index in [2.05, 4.69) is 63.7 Å². The van der Waals surface area contributed by atoms with Crippen LogP contribution in [-0.4, -0.2) is 19.0 Å². The minimum atomic E-state index is 0.439. The molecule has 0 bridgehead atoms. The molecule has 0 aromatic carbocycles. The number of thioether (sulfide) groups is 1. The molecule has 0 fully saturated rings. The Morgan fingerprint density at radius 2 is 1.22 bits per heavy atom. The van der Waals surface area contributed by atoms with E-state index in [-0.39, 0.29) is 0 Å². The van der Waals surface area contributed by atoms with Crippen LogP contribution in [0, 0.1) is 0 Å². The first-order valence-corrected chi connectivity index (χ1v) is 7.08. The van der Waals surface area contributed by atoms with E-state index >= 15 is 0 Å². The van der Waals surface area contributed by atoms with Gasteiger partial charge in [-0.1, -0.05) is 63.7 Å². The van der Waals surface area contributed by atoms with E-state index in [4.69, 9.17) is 0 Å². The van der Waals surface area contributed by atoms with E-state index in [0.29, 0.717) is 7.47 Å². The SMILES string of the molecule is BrC(Br)CSCC(Br)Br. The van der Waals surface area contributed by atoms with Gasteiger partial charge in [0.05, 0.1) is 7.47 Å². The highest BCUT2D eigenvalue weighted by Gasteiger charge is 2.00. The summed E-state index contributed by atoms with van der Waals surface area (Å²) >= 11 is 15.4. The third-order valence-corrected chi connectivity index (χ3v) is 4.64.